The van der Waals surface area contributed by atoms with Crippen molar-refractivity contribution in [3.8, 4) is 5.82 Å². The summed E-state index contributed by atoms with van der Waals surface area (Å²) in [6.45, 7) is 10.3. The molecule has 0 N–H and O–H groups in total. The first-order chi connectivity index (χ1) is 13.4. The van der Waals surface area contributed by atoms with Crippen LogP contribution in [0.3, 0.4) is 0 Å². The van der Waals surface area contributed by atoms with Gasteiger partial charge >= 0.3 is 0 Å². The zero-order valence-electron chi connectivity index (χ0n) is 16.5. The third-order valence-electron chi connectivity index (χ3n) is 5.18. The van der Waals surface area contributed by atoms with Gasteiger partial charge in [0.2, 0.25) is 0 Å². The van der Waals surface area contributed by atoms with Crippen molar-refractivity contribution in [2.24, 2.45) is 0 Å². The first-order valence-electron chi connectivity index (χ1n) is 9.26. The van der Waals surface area contributed by atoms with Gasteiger partial charge in [-0.2, -0.15) is 0 Å². The van der Waals surface area contributed by atoms with E-state index in [0.29, 0.717) is 43.3 Å². The number of rotatable bonds is 3. The van der Waals surface area contributed by atoms with Crippen LogP contribution in [0.1, 0.15) is 33.3 Å². The summed E-state index contributed by atoms with van der Waals surface area (Å²) in [6.07, 6.45) is 3.27. The molecule has 0 aromatic carbocycles. The fourth-order valence-electron chi connectivity index (χ4n) is 3.36. The third kappa shape index (κ3) is 3.23. The maximum atomic E-state index is 12.6. The average Bonchev–Trinajstić information content (AvgIpc) is 3.26. The number of anilines is 1. The van der Waals surface area contributed by atoms with E-state index in [4.69, 9.17) is 4.52 Å². The SMILES string of the molecule is Cc1nc(N2CCN(C(=O)c3cnoc3C)CC2)cc(-n2cnc(C)c2C)n1. The Bertz CT molecular complexity index is 1020. The predicted octanol–water partition coefficient (Wildman–Crippen LogP) is 1.85. The summed E-state index contributed by atoms with van der Waals surface area (Å²) in [7, 11) is 0. The van der Waals surface area contributed by atoms with Gasteiger partial charge in [0, 0.05) is 37.9 Å². The van der Waals surface area contributed by atoms with Gasteiger partial charge in [0.15, 0.2) is 0 Å². The van der Waals surface area contributed by atoms with Crippen molar-refractivity contribution in [2.45, 2.75) is 27.7 Å². The molecule has 146 valence electrons. The molecule has 3 aromatic rings. The van der Waals surface area contributed by atoms with Crippen molar-refractivity contribution in [3.63, 3.8) is 0 Å². The van der Waals surface area contributed by atoms with Crippen molar-refractivity contribution in [2.75, 3.05) is 31.1 Å². The molecular weight excluding hydrogens is 358 g/mol. The molecule has 4 rings (SSSR count). The normalized spacial score (nSPS) is 14.6. The van der Waals surface area contributed by atoms with Gasteiger partial charge in [-0.3, -0.25) is 9.36 Å². The molecule has 0 bridgehead atoms. The molecular formula is C19H23N7O2. The lowest BCUT2D eigenvalue weighted by Crippen LogP contribution is -2.49. The maximum absolute atomic E-state index is 12.6. The van der Waals surface area contributed by atoms with E-state index >= 15 is 0 Å². The predicted molar refractivity (Wildman–Crippen MR) is 103 cm³/mol. The number of imidazole rings is 1. The first kappa shape index (κ1) is 18.1. The van der Waals surface area contributed by atoms with Gasteiger partial charge in [0.1, 0.15) is 35.1 Å². The standard InChI is InChI=1S/C19H23N7O2/c1-12-13(2)26(11-20-12)18-9-17(22-15(4)23-18)24-5-7-25(8-6-24)19(27)16-10-21-28-14(16)3/h9-11H,5-8H2,1-4H3. The van der Waals surface area contributed by atoms with Gasteiger partial charge < -0.3 is 14.3 Å². The van der Waals surface area contributed by atoms with Crippen LogP contribution in [-0.2, 0) is 0 Å². The molecule has 0 aliphatic carbocycles. The Morgan fingerprint density at radius 2 is 1.75 bits per heavy atom. The van der Waals surface area contributed by atoms with Gasteiger partial charge in [-0.1, -0.05) is 5.16 Å². The molecule has 0 radical (unpaired) electrons. The highest BCUT2D eigenvalue weighted by atomic mass is 16.5. The van der Waals surface area contributed by atoms with Gasteiger partial charge in [-0.15, -0.1) is 0 Å². The van der Waals surface area contributed by atoms with Crippen LogP contribution in [0.25, 0.3) is 5.82 Å². The van der Waals surface area contributed by atoms with Crippen molar-refractivity contribution in [3.05, 3.63) is 47.1 Å². The molecule has 0 atom stereocenters. The molecule has 0 unspecified atom stereocenters. The monoisotopic (exact) mass is 381 g/mol. The van der Waals surface area contributed by atoms with Gasteiger partial charge in [-0.25, -0.2) is 15.0 Å². The summed E-state index contributed by atoms with van der Waals surface area (Å²) in [5.41, 5.74) is 2.57. The Morgan fingerprint density at radius 1 is 1.04 bits per heavy atom. The number of hydrogen-bond acceptors (Lipinski definition) is 7. The molecule has 9 heteroatoms. The summed E-state index contributed by atoms with van der Waals surface area (Å²) < 4.78 is 6.99. The van der Waals surface area contributed by atoms with Crippen molar-refractivity contribution >= 4 is 11.7 Å². The summed E-state index contributed by atoms with van der Waals surface area (Å²) in [5.74, 6) is 2.88. The number of piperazine rings is 1. The van der Waals surface area contributed by atoms with Crippen LogP contribution in [-0.4, -0.2) is 61.7 Å². The Balaban J connectivity index is 1.51. The van der Waals surface area contributed by atoms with E-state index in [1.807, 2.05) is 36.3 Å². The van der Waals surface area contributed by atoms with E-state index < -0.39 is 0 Å². The molecule has 1 aliphatic heterocycles. The number of carbonyl (C=O) groups excluding carboxylic acids is 1. The Hall–Kier alpha value is -3.23. The minimum absolute atomic E-state index is 0.0394. The number of hydrogen-bond donors (Lipinski definition) is 0. The fraction of sp³-hybridized carbons (Fsp3) is 0.421. The molecule has 1 aliphatic rings. The van der Waals surface area contributed by atoms with E-state index in [9.17, 15) is 4.79 Å². The average molecular weight is 381 g/mol. The zero-order chi connectivity index (χ0) is 19.8. The van der Waals surface area contributed by atoms with Crippen LogP contribution < -0.4 is 4.90 Å². The Labute approximate surface area is 163 Å². The lowest BCUT2D eigenvalue weighted by molar-refractivity contribution is 0.0744. The molecule has 0 saturated carbocycles. The molecule has 1 amide bonds. The Morgan fingerprint density at radius 3 is 2.36 bits per heavy atom. The largest absolute Gasteiger partial charge is 0.361 e. The minimum Gasteiger partial charge on any atom is -0.361 e. The lowest BCUT2D eigenvalue weighted by atomic mass is 10.2. The van der Waals surface area contributed by atoms with E-state index in [0.717, 1.165) is 23.0 Å². The van der Waals surface area contributed by atoms with Gasteiger partial charge in [0.25, 0.3) is 5.91 Å². The van der Waals surface area contributed by atoms with Crippen molar-refractivity contribution in [1.82, 2.24) is 29.6 Å². The van der Waals surface area contributed by atoms with Crippen LogP contribution in [0, 0.1) is 27.7 Å². The van der Waals surface area contributed by atoms with Crippen LogP contribution in [0.15, 0.2) is 23.1 Å². The van der Waals surface area contributed by atoms with Crippen LogP contribution in [0.5, 0.6) is 0 Å². The number of nitrogens with zero attached hydrogens (tertiary/aromatic N) is 7. The summed E-state index contributed by atoms with van der Waals surface area (Å²) in [4.78, 5) is 30.2. The van der Waals surface area contributed by atoms with Gasteiger partial charge in [0.05, 0.1) is 11.9 Å². The number of aryl methyl sites for hydroxylation is 3. The minimum atomic E-state index is -0.0394. The second kappa shape index (κ2) is 7.06. The summed E-state index contributed by atoms with van der Waals surface area (Å²) >= 11 is 0. The van der Waals surface area contributed by atoms with E-state index in [2.05, 4.69) is 25.0 Å². The van der Waals surface area contributed by atoms with E-state index in [1.165, 1.54) is 6.20 Å². The highest BCUT2D eigenvalue weighted by Gasteiger charge is 2.25. The molecule has 9 nitrogen and oxygen atoms in total. The number of aromatic nitrogens is 5. The summed E-state index contributed by atoms with van der Waals surface area (Å²) in [6, 6.07) is 1.97. The lowest BCUT2D eigenvalue weighted by Gasteiger charge is -2.35. The first-order valence-corrected chi connectivity index (χ1v) is 9.26. The topological polar surface area (TPSA) is 93.2 Å². The van der Waals surface area contributed by atoms with Crippen LogP contribution in [0.2, 0.25) is 0 Å². The smallest absolute Gasteiger partial charge is 0.259 e. The molecule has 3 aromatic heterocycles. The second-order valence-electron chi connectivity index (χ2n) is 6.99. The maximum Gasteiger partial charge on any atom is 0.259 e. The molecule has 4 heterocycles. The van der Waals surface area contributed by atoms with E-state index in [1.54, 1.807) is 13.3 Å². The summed E-state index contributed by atoms with van der Waals surface area (Å²) in [5, 5.41) is 3.70. The number of carbonyl (C=O) groups is 1. The highest BCUT2D eigenvalue weighted by Crippen LogP contribution is 2.20. The molecule has 0 spiro atoms. The zero-order valence-corrected chi connectivity index (χ0v) is 16.5. The third-order valence-corrected chi connectivity index (χ3v) is 5.18. The van der Waals surface area contributed by atoms with Crippen LogP contribution in [0.4, 0.5) is 5.82 Å². The van der Waals surface area contributed by atoms with Gasteiger partial charge in [-0.05, 0) is 27.7 Å². The molecule has 1 fully saturated rings. The quantitative estimate of drug-likeness (QED) is 0.683. The van der Waals surface area contributed by atoms with Crippen molar-refractivity contribution in [1.29, 1.82) is 0 Å². The van der Waals surface area contributed by atoms with E-state index in [-0.39, 0.29) is 5.91 Å². The Kier molecular flexibility index (Phi) is 4.58. The van der Waals surface area contributed by atoms with Crippen molar-refractivity contribution < 1.29 is 9.32 Å². The van der Waals surface area contributed by atoms with Crippen LogP contribution >= 0.6 is 0 Å². The highest BCUT2D eigenvalue weighted by molar-refractivity contribution is 5.94. The second-order valence-corrected chi connectivity index (χ2v) is 6.99. The molecule has 28 heavy (non-hydrogen) atoms. The number of amides is 1. The fourth-order valence-corrected chi connectivity index (χ4v) is 3.36. The molecule has 1 saturated heterocycles.